The molecule has 6 nitrogen and oxygen atoms in total. The molecule has 0 radical (unpaired) electrons. The zero-order valence-corrected chi connectivity index (χ0v) is 12.9. The molecular weight excluding hydrogens is 321 g/mol. The van der Waals surface area contributed by atoms with Crippen LogP contribution in [-0.2, 0) is 0 Å². The normalized spacial score (nSPS) is 16.1. The molecule has 2 aromatic heterocycles. The number of halogens is 1. The number of aromatic amines is 1. The molecule has 0 bridgehead atoms. The molecule has 1 atom stereocenters. The molecule has 0 amide bonds. The van der Waals surface area contributed by atoms with Gasteiger partial charge in [0.1, 0.15) is 17.5 Å². The summed E-state index contributed by atoms with van der Waals surface area (Å²) in [6.07, 6.45) is 1.64. The van der Waals surface area contributed by atoms with Crippen molar-refractivity contribution >= 4 is 0 Å². The lowest BCUT2D eigenvalue weighted by Gasteiger charge is -2.24. The monoisotopic (exact) mass is 333 g/mol. The van der Waals surface area contributed by atoms with Crippen molar-refractivity contribution in [1.82, 2.24) is 15.2 Å². The molecule has 0 saturated carbocycles. The quantitative estimate of drug-likeness (QED) is 0.751. The van der Waals surface area contributed by atoms with Crippen LogP contribution >= 0.6 is 0 Å². The van der Waals surface area contributed by atoms with E-state index in [0.29, 0.717) is 22.5 Å². The molecule has 0 aliphatic carbocycles. The van der Waals surface area contributed by atoms with E-state index in [1.165, 1.54) is 6.07 Å². The number of hydrogen-bond acceptors (Lipinski definition) is 5. The molecule has 1 aliphatic rings. The van der Waals surface area contributed by atoms with Crippen LogP contribution in [0.25, 0.3) is 11.4 Å². The van der Waals surface area contributed by atoms with E-state index in [0.717, 1.165) is 0 Å². The van der Waals surface area contributed by atoms with Gasteiger partial charge in [-0.05, 0) is 18.2 Å². The number of rotatable bonds is 2. The number of H-pyrrole nitrogens is 1. The maximum atomic E-state index is 14.5. The van der Waals surface area contributed by atoms with E-state index < -0.39 is 11.7 Å². The number of nitriles is 1. The number of nitrogens with zero attached hydrogens (tertiary/aromatic N) is 3. The third-order valence-corrected chi connectivity index (χ3v) is 4.08. The van der Waals surface area contributed by atoms with Crippen LogP contribution in [0.2, 0.25) is 0 Å². The third-order valence-electron chi connectivity index (χ3n) is 4.08. The Morgan fingerprint density at radius 1 is 1.20 bits per heavy atom. The Morgan fingerprint density at radius 2 is 2.00 bits per heavy atom. The van der Waals surface area contributed by atoms with Crippen molar-refractivity contribution in [2.75, 3.05) is 0 Å². The summed E-state index contributed by atoms with van der Waals surface area (Å²) in [5.41, 5.74) is 8.04. The molecule has 4 rings (SSSR count). The number of aromatic nitrogens is 3. The van der Waals surface area contributed by atoms with Crippen molar-refractivity contribution in [2.45, 2.75) is 5.92 Å². The van der Waals surface area contributed by atoms with Crippen LogP contribution in [-0.4, -0.2) is 15.2 Å². The van der Waals surface area contributed by atoms with Crippen LogP contribution in [0.5, 0.6) is 5.88 Å². The van der Waals surface area contributed by atoms with Gasteiger partial charge in [-0.2, -0.15) is 5.26 Å². The Hall–Kier alpha value is -3.66. The van der Waals surface area contributed by atoms with Gasteiger partial charge in [-0.1, -0.05) is 24.3 Å². The van der Waals surface area contributed by atoms with Gasteiger partial charge in [0.05, 0.1) is 22.9 Å². The Bertz CT molecular complexity index is 1020. The van der Waals surface area contributed by atoms with E-state index in [1.54, 1.807) is 36.5 Å². The average Bonchev–Trinajstić information content (AvgIpc) is 3.05. The van der Waals surface area contributed by atoms with E-state index >= 15 is 0 Å². The third kappa shape index (κ3) is 2.32. The lowest BCUT2D eigenvalue weighted by Crippen LogP contribution is -2.21. The highest BCUT2D eigenvalue weighted by Gasteiger charge is 2.37. The van der Waals surface area contributed by atoms with Crippen LogP contribution < -0.4 is 10.5 Å². The first-order chi connectivity index (χ1) is 12.2. The summed E-state index contributed by atoms with van der Waals surface area (Å²) in [4.78, 5) is 4.30. The van der Waals surface area contributed by atoms with Crippen molar-refractivity contribution in [3.05, 3.63) is 77.1 Å². The highest BCUT2D eigenvalue weighted by Crippen LogP contribution is 2.45. The fraction of sp³-hybridized carbons (Fsp3) is 0.0556. The molecular formula is C18H12FN5O. The SMILES string of the molecule is N#CC1=C(N)Oc2n[nH]c(-c3ccccn3)c2[C@H]1c1ccccc1F. The molecule has 0 spiro atoms. The van der Waals surface area contributed by atoms with Gasteiger partial charge >= 0.3 is 0 Å². The zero-order valence-electron chi connectivity index (χ0n) is 12.9. The average molecular weight is 333 g/mol. The summed E-state index contributed by atoms with van der Waals surface area (Å²) in [7, 11) is 0. The lowest BCUT2D eigenvalue weighted by atomic mass is 9.83. The van der Waals surface area contributed by atoms with E-state index in [-0.39, 0.29) is 17.3 Å². The molecule has 7 heteroatoms. The van der Waals surface area contributed by atoms with Gasteiger partial charge in [0.25, 0.3) is 0 Å². The Labute approximate surface area is 142 Å². The van der Waals surface area contributed by atoms with Crippen molar-refractivity contribution in [2.24, 2.45) is 5.73 Å². The summed E-state index contributed by atoms with van der Waals surface area (Å²) in [5, 5.41) is 16.6. The van der Waals surface area contributed by atoms with Crippen LogP contribution in [0.4, 0.5) is 4.39 Å². The zero-order chi connectivity index (χ0) is 17.4. The van der Waals surface area contributed by atoms with Crippen molar-refractivity contribution in [3.63, 3.8) is 0 Å². The minimum atomic E-state index is -0.731. The van der Waals surface area contributed by atoms with E-state index in [9.17, 15) is 9.65 Å². The molecule has 1 aliphatic heterocycles. The molecule has 1 aromatic carbocycles. The van der Waals surface area contributed by atoms with Crippen molar-refractivity contribution in [1.29, 1.82) is 5.26 Å². The number of benzene rings is 1. The maximum absolute atomic E-state index is 14.5. The molecule has 0 unspecified atom stereocenters. The van der Waals surface area contributed by atoms with Crippen LogP contribution in [0.1, 0.15) is 17.0 Å². The van der Waals surface area contributed by atoms with Gasteiger partial charge in [-0.3, -0.25) is 10.1 Å². The second kappa shape index (κ2) is 5.76. The first-order valence-electron chi connectivity index (χ1n) is 7.52. The first kappa shape index (κ1) is 14.9. The molecule has 3 aromatic rings. The topological polar surface area (TPSA) is 101 Å². The standard InChI is InChI=1S/C18H12FN5O/c19-12-6-2-1-5-10(12)14-11(9-20)17(21)25-18-15(14)16(23-24-18)13-7-3-4-8-22-13/h1-8,14H,21H2,(H,23,24)/t14-/m0/s1. The van der Waals surface area contributed by atoms with Crippen molar-refractivity contribution < 1.29 is 9.13 Å². The largest absolute Gasteiger partial charge is 0.420 e. The van der Waals surface area contributed by atoms with Gasteiger partial charge in [0, 0.05) is 11.8 Å². The lowest BCUT2D eigenvalue weighted by molar-refractivity contribution is 0.378. The number of fused-ring (bicyclic) bond motifs is 1. The molecule has 25 heavy (non-hydrogen) atoms. The number of allylic oxidation sites excluding steroid dienone is 1. The van der Waals surface area contributed by atoms with Crippen LogP contribution in [0, 0.1) is 17.1 Å². The van der Waals surface area contributed by atoms with E-state index in [2.05, 4.69) is 15.2 Å². The Balaban J connectivity index is 1.99. The Morgan fingerprint density at radius 3 is 2.72 bits per heavy atom. The molecule has 3 N–H and O–H groups in total. The fourth-order valence-corrected chi connectivity index (χ4v) is 2.97. The minimum absolute atomic E-state index is 0.0812. The summed E-state index contributed by atoms with van der Waals surface area (Å²) in [6.45, 7) is 0. The number of hydrogen-bond donors (Lipinski definition) is 2. The van der Waals surface area contributed by atoms with E-state index in [4.69, 9.17) is 10.5 Å². The van der Waals surface area contributed by atoms with Crippen molar-refractivity contribution in [3.8, 4) is 23.3 Å². The van der Waals surface area contributed by atoms with Gasteiger partial charge < -0.3 is 10.5 Å². The molecule has 0 saturated heterocycles. The van der Waals surface area contributed by atoms with Gasteiger partial charge in [0.2, 0.25) is 11.8 Å². The molecule has 0 fully saturated rings. The first-order valence-corrected chi connectivity index (χ1v) is 7.52. The smallest absolute Gasteiger partial charge is 0.244 e. The van der Waals surface area contributed by atoms with Crippen LogP contribution in [0.3, 0.4) is 0 Å². The van der Waals surface area contributed by atoms with Crippen LogP contribution in [0.15, 0.2) is 60.1 Å². The second-order valence-electron chi connectivity index (χ2n) is 5.48. The van der Waals surface area contributed by atoms with E-state index in [1.807, 2.05) is 12.1 Å². The molecule has 122 valence electrons. The fourth-order valence-electron chi connectivity index (χ4n) is 2.97. The maximum Gasteiger partial charge on any atom is 0.244 e. The molecule has 3 heterocycles. The summed E-state index contributed by atoms with van der Waals surface area (Å²) in [6, 6.07) is 13.7. The summed E-state index contributed by atoms with van der Waals surface area (Å²) in [5.74, 6) is -1.03. The van der Waals surface area contributed by atoms with Gasteiger partial charge in [-0.25, -0.2) is 4.39 Å². The minimum Gasteiger partial charge on any atom is -0.420 e. The Kier molecular flexibility index (Phi) is 3.43. The highest BCUT2D eigenvalue weighted by atomic mass is 19.1. The number of nitrogens with two attached hydrogens (primary N) is 1. The highest BCUT2D eigenvalue weighted by molar-refractivity contribution is 5.68. The second-order valence-corrected chi connectivity index (χ2v) is 5.48. The number of pyridine rings is 1. The number of ether oxygens (including phenoxy) is 1. The summed E-state index contributed by atoms with van der Waals surface area (Å²) >= 11 is 0. The number of nitrogens with one attached hydrogen (secondary N) is 1. The predicted octanol–water partition coefficient (Wildman–Crippen LogP) is 2.83. The van der Waals surface area contributed by atoms with Gasteiger partial charge in [-0.15, -0.1) is 5.10 Å². The summed E-state index contributed by atoms with van der Waals surface area (Å²) < 4.78 is 20.0. The van der Waals surface area contributed by atoms with Gasteiger partial charge in [0.15, 0.2) is 0 Å². The predicted molar refractivity (Wildman–Crippen MR) is 87.5 cm³/mol.